The van der Waals surface area contributed by atoms with E-state index in [1.807, 2.05) is 36.4 Å². The number of halogens is 1. The summed E-state index contributed by atoms with van der Waals surface area (Å²) in [6, 6.07) is 11.2. The molecule has 0 bridgehead atoms. The average molecular weight is 301 g/mol. The molecule has 2 N–H and O–H groups in total. The van der Waals surface area contributed by atoms with Gasteiger partial charge in [-0.25, -0.2) is 0 Å². The van der Waals surface area contributed by atoms with Crippen LogP contribution in [0, 0.1) is 0 Å². The van der Waals surface area contributed by atoms with Crippen LogP contribution in [-0.2, 0) is 6.61 Å². The zero-order chi connectivity index (χ0) is 14.5. The predicted octanol–water partition coefficient (Wildman–Crippen LogP) is 3.78. The first-order valence-corrected chi connectivity index (χ1v) is 6.77. The maximum Gasteiger partial charge on any atom is 0.138 e. The molecule has 1 aromatic carbocycles. The van der Waals surface area contributed by atoms with E-state index in [9.17, 15) is 0 Å². The van der Waals surface area contributed by atoms with Crippen molar-refractivity contribution < 1.29 is 4.74 Å². The van der Waals surface area contributed by atoms with Crippen molar-refractivity contribution >= 4 is 23.0 Å². The highest BCUT2D eigenvalue weighted by Crippen LogP contribution is 2.29. The van der Waals surface area contributed by atoms with Gasteiger partial charge in [0.25, 0.3) is 0 Å². The number of H-pyrrole nitrogens is 1. The van der Waals surface area contributed by atoms with Gasteiger partial charge >= 0.3 is 0 Å². The summed E-state index contributed by atoms with van der Waals surface area (Å²) in [5.41, 5.74) is 2.59. The normalized spacial score (nSPS) is 10.3. The maximum atomic E-state index is 6.23. The molecule has 0 aliphatic carbocycles. The Morgan fingerprint density at radius 1 is 1.19 bits per heavy atom. The van der Waals surface area contributed by atoms with Gasteiger partial charge in [0.2, 0.25) is 0 Å². The third-order valence-electron chi connectivity index (χ3n) is 2.82. The standard InChI is InChI=1S/C15H13ClN4O/c16-14-7-11(20-13-8-18-19-9-13)4-5-15(14)21-10-12-3-1-2-6-17-12/h1-9,20H,10H2,(H,18,19). The third kappa shape index (κ3) is 3.52. The lowest BCUT2D eigenvalue weighted by molar-refractivity contribution is 0.301. The van der Waals surface area contributed by atoms with E-state index in [1.54, 1.807) is 18.6 Å². The van der Waals surface area contributed by atoms with Crippen LogP contribution in [0.5, 0.6) is 5.75 Å². The Morgan fingerprint density at radius 3 is 2.86 bits per heavy atom. The molecular weight excluding hydrogens is 288 g/mol. The predicted molar refractivity (Wildman–Crippen MR) is 81.9 cm³/mol. The van der Waals surface area contributed by atoms with E-state index in [0.29, 0.717) is 17.4 Å². The van der Waals surface area contributed by atoms with Gasteiger partial charge < -0.3 is 10.1 Å². The molecule has 0 atom stereocenters. The first-order valence-electron chi connectivity index (χ1n) is 6.39. The molecule has 0 amide bonds. The van der Waals surface area contributed by atoms with Crippen molar-refractivity contribution in [2.45, 2.75) is 6.61 Å². The largest absolute Gasteiger partial charge is 0.486 e. The quantitative estimate of drug-likeness (QED) is 0.752. The summed E-state index contributed by atoms with van der Waals surface area (Å²) in [5, 5.41) is 10.3. The lowest BCUT2D eigenvalue weighted by Gasteiger charge is -2.10. The molecule has 0 radical (unpaired) electrons. The Bertz CT molecular complexity index is 701. The third-order valence-corrected chi connectivity index (χ3v) is 3.12. The number of anilines is 2. The molecule has 3 aromatic rings. The second-order valence-corrected chi connectivity index (χ2v) is 4.77. The number of aromatic amines is 1. The summed E-state index contributed by atoms with van der Waals surface area (Å²) in [7, 11) is 0. The fourth-order valence-electron chi connectivity index (χ4n) is 1.82. The summed E-state index contributed by atoms with van der Waals surface area (Å²) < 4.78 is 5.67. The van der Waals surface area contributed by atoms with Crippen molar-refractivity contribution in [3.8, 4) is 5.75 Å². The molecule has 0 fully saturated rings. The zero-order valence-corrected chi connectivity index (χ0v) is 11.8. The zero-order valence-electron chi connectivity index (χ0n) is 11.1. The van der Waals surface area contributed by atoms with E-state index in [4.69, 9.17) is 16.3 Å². The van der Waals surface area contributed by atoms with Crippen LogP contribution >= 0.6 is 11.6 Å². The summed E-state index contributed by atoms with van der Waals surface area (Å²) in [4.78, 5) is 4.20. The van der Waals surface area contributed by atoms with Crippen LogP contribution in [0.1, 0.15) is 5.69 Å². The molecule has 106 valence electrons. The fraction of sp³-hybridized carbons (Fsp3) is 0.0667. The molecule has 0 spiro atoms. The van der Waals surface area contributed by atoms with Crippen LogP contribution in [0.25, 0.3) is 0 Å². The van der Waals surface area contributed by atoms with E-state index < -0.39 is 0 Å². The monoisotopic (exact) mass is 300 g/mol. The number of pyridine rings is 1. The Balaban J connectivity index is 1.67. The van der Waals surface area contributed by atoms with Gasteiger partial charge in [0.1, 0.15) is 12.4 Å². The number of nitrogens with one attached hydrogen (secondary N) is 2. The summed E-state index contributed by atoms with van der Waals surface area (Å²) in [5.74, 6) is 0.625. The average Bonchev–Trinajstić information content (AvgIpc) is 3.00. The molecule has 2 heterocycles. The van der Waals surface area contributed by atoms with Crippen molar-refractivity contribution in [1.29, 1.82) is 0 Å². The Hall–Kier alpha value is -2.53. The topological polar surface area (TPSA) is 62.8 Å². The van der Waals surface area contributed by atoms with Crippen LogP contribution in [0.4, 0.5) is 11.4 Å². The maximum absolute atomic E-state index is 6.23. The molecule has 2 aromatic heterocycles. The number of hydrogen-bond acceptors (Lipinski definition) is 4. The number of benzene rings is 1. The molecule has 5 nitrogen and oxygen atoms in total. The minimum Gasteiger partial charge on any atom is -0.486 e. The van der Waals surface area contributed by atoms with Gasteiger partial charge in [-0.05, 0) is 30.3 Å². The second-order valence-electron chi connectivity index (χ2n) is 4.37. The van der Waals surface area contributed by atoms with Crippen LogP contribution in [0.15, 0.2) is 55.0 Å². The van der Waals surface area contributed by atoms with E-state index in [1.165, 1.54) is 0 Å². The van der Waals surface area contributed by atoms with Crippen LogP contribution in [-0.4, -0.2) is 15.2 Å². The van der Waals surface area contributed by atoms with E-state index in [2.05, 4.69) is 20.5 Å². The Labute approximate surface area is 126 Å². The van der Waals surface area contributed by atoms with Crippen molar-refractivity contribution in [3.63, 3.8) is 0 Å². The number of ether oxygens (including phenoxy) is 1. The van der Waals surface area contributed by atoms with Crippen LogP contribution in [0.3, 0.4) is 0 Å². The van der Waals surface area contributed by atoms with Gasteiger partial charge in [0.05, 0.1) is 22.6 Å². The number of rotatable bonds is 5. The summed E-state index contributed by atoms with van der Waals surface area (Å²) >= 11 is 6.23. The molecule has 21 heavy (non-hydrogen) atoms. The van der Waals surface area contributed by atoms with Crippen molar-refractivity contribution in [1.82, 2.24) is 15.2 Å². The van der Waals surface area contributed by atoms with Gasteiger partial charge in [0.15, 0.2) is 0 Å². The van der Waals surface area contributed by atoms with E-state index in [0.717, 1.165) is 17.1 Å². The lowest BCUT2D eigenvalue weighted by atomic mass is 10.3. The van der Waals surface area contributed by atoms with Gasteiger partial charge in [0, 0.05) is 18.1 Å². The molecule has 0 aliphatic heterocycles. The lowest BCUT2D eigenvalue weighted by Crippen LogP contribution is -1.98. The number of aromatic nitrogens is 3. The molecule has 6 heteroatoms. The Morgan fingerprint density at radius 2 is 2.14 bits per heavy atom. The van der Waals surface area contributed by atoms with Crippen molar-refractivity contribution in [2.24, 2.45) is 0 Å². The smallest absolute Gasteiger partial charge is 0.138 e. The Kier molecular flexibility index (Phi) is 4.02. The molecule has 0 saturated heterocycles. The fourth-order valence-corrected chi connectivity index (χ4v) is 2.05. The van der Waals surface area contributed by atoms with Gasteiger partial charge in [-0.1, -0.05) is 17.7 Å². The second kappa shape index (κ2) is 6.28. The van der Waals surface area contributed by atoms with Gasteiger partial charge in [-0.3, -0.25) is 10.1 Å². The van der Waals surface area contributed by atoms with Gasteiger partial charge in [-0.2, -0.15) is 5.10 Å². The molecular formula is C15H13ClN4O. The van der Waals surface area contributed by atoms with Crippen LogP contribution in [0.2, 0.25) is 5.02 Å². The highest BCUT2D eigenvalue weighted by molar-refractivity contribution is 6.32. The molecule has 0 unspecified atom stereocenters. The van der Waals surface area contributed by atoms with Gasteiger partial charge in [-0.15, -0.1) is 0 Å². The SMILES string of the molecule is Clc1cc(Nc2cn[nH]c2)ccc1OCc1ccccn1. The summed E-state index contributed by atoms with van der Waals surface area (Å²) in [6.45, 7) is 0.384. The first-order chi connectivity index (χ1) is 10.3. The van der Waals surface area contributed by atoms with Crippen molar-refractivity contribution in [2.75, 3.05) is 5.32 Å². The highest BCUT2D eigenvalue weighted by Gasteiger charge is 2.05. The minimum atomic E-state index is 0.384. The van der Waals surface area contributed by atoms with Crippen molar-refractivity contribution in [3.05, 3.63) is 65.7 Å². The van der Waals surface area contributed by atoms with E-state index in [-0.39, 0.29) is 0 Å². The number of nitrogens with zero attached hydrogens (tertiary/aromatic N) is 2. The first kappa shape index (κ1) is 13.5. The number of hydrogen-bond donors (Lipinski definition) is 2. The molecule has 0 aliphatic rings. The summed E-state index contributed by atoms with van der Waals surface area (Å²) in [6.07, 6.45) is 5.19. The molecule has 3 rings (SSSR count). The van der Waals surface area contributed by atoms with Crippen LogP contribution < -0.4 is 10.1 Å². The molecule has 0 saturated carbocycles. The minimum absolute atomic E-state index is 0.384. The van der Waals surface area contributed by atoms with E-state index >= 15 is 0 Å². The highest BCUT2D eigenvalue weighted by atomic mass is 35.5.